The number of nitrogens with one attached hydrogen (secondary N) is 1. The first-order chi connectivity index (χ1) is 14.7. The van der Waals surface area contributed by atoms with E-state index < -0.39 is 10.0 Å². The van der Waals surface area contributed by atoms with Crippen LogP contribution in [-0.2, 0) is 14.8 Å². The van der Waals surface area contributed by atoms with Gasteiger partial charge in [0.25, 0.3) is 0 Å². The Bertz CT molecular complexity index is 938. The van der Waals surface area contributed by atoms with Crippen molar-refractivity contribution in [3.05, 3.63) is 28.2 Å². The lowest BCUT2D eigenvalue weighted by Gasteiger charge is -2.57. The van der Waals surface area contributed by atoms with Gasteiger partial charge in [0, 0.05) is 30.1 Å². The highest BCUT2D eigenvalue weighted by molar-refractivity contribution is 7.89. The van der Waals surface area contributed by atoms with Crippen molar-refractivity contribution >= 4 is 39.1 Å². The molecule has 8 heteroatoms. The Labute approximate surface area is 194 Å². The number of hydrogen-bond donors (Lipinski definition) is 1. The Morgan fingerprint density at radius 3 is 2.16 bits per heavy atom. The fourth-order valence-corrected chi connectivity index (χ4v) is 9.27. The normalized spacial score (nSPS) is 33.5. The summed E-state index contributed by atoms with van der Waals surface area (Å²) in [6, 6.07) is 4.46. The van der Waals surface area contributed by atoms with Gasteiger partial charge in [0.1, 0.15) is 4.90 Å². The van der Waals surface area contributed by atoms with E-state index in [4.69, 9.17) is 23.2 Å². The van der Waals surface area contributed by atoms with Crippen LogP contribution in [0.25, 0.3) is 0 Å². The second-order valence-electron chi connectivity index (χ2n) is 10.4. The highest BCUT2D eigenvalue weighted by atomic mass is 35.5. The molecule has 5 aliphatic rings. The van der Waals surface area contributed by atoms with Crippen molar-refractivity contribution in [3.63, 3.8) is 0 Å². The molecule has 0 spiro atoms. The first-order valence-electron chi connectivity index (χ1n) is 11.5. The van der Waals surface area contributed by atoms with E-state index >= 15 is 0 Å². The Morgan fingerprint density at radius 2 is 1.61 bits per heavy atom. The molecule has 0 unspecified atom stereocenters. The van der Waals surface area contributed by atoms with Crippen molar-refractivity contribution in [2.45, 2.75) is 68.2 Å². The number of hydrogen-bond acceptors (Lipinski definition) is 3. The number of benzene rings is 1. The zero-order valence-electron chi connectivity index (χ0n) is 17.7. The van der Waals surface area contributed by atoms with E-state index in [1.807, 2.05) is 0 Å². The van der Waals surface area contributed by atoms with E-state index in [0.717, 1.165) is 37.0 Å². The summed E-state index contributed by atoms with van der Waals surface area (Å²) in [7, 11) is -3.66. The molecule has 0 aromatic heterocycles. The van der Waals surface area contributed by atoms with Crippen LogP contribution in [-0.4, -0.2) is 37.3 Å². The van der Waals surface area contributed by atoms with Crippen LogP contribution in [0.15, 0.2) is 23.1 Å². The zero-order valence-corrected chi connectivity index (χ0v) is 20.0. The lowest BCUT2D eigenvalue weighted by Crippen LogP contribution is -2.60. The smallest absolute Gasteiger partial charge is 0.244 e. The van der Waals surface area contributed by atoms with Gasteiger partial charge in [-0.05, 0) is 93.2 Å². The van der Waals surface area contributed by atoms with E-state index in [-0.39, 0.29) is 27.3 Å². The molecule has 5 nitrogen and oxygen atoms in total. The molecule has 1 aromatic rings. The first-order valence-corrected chi connectivity index (χ1v) is 13.7. The summed E-state index contributed by atoms with van der Waals surface area (Å²) in [5.41, 5.74) is 0.0429. The molecule has 31 heavy (non-hydrogen) atoms. The number of rotatable bonds is 5. The van der Waals surface area contributed by atoms with Crippen LogP contribution in [0.4, 0.5) is 0 Å². The quantitative estimate of drug-likeness (QED) is 0.647. The van der Waals surface area contributed by atoms with E-state index in [1.54, 1.807) is 6.07 Å². The van der Waals surface area contributed by atoms with Crippen LogP contribution in [0.2, 0.25) is 10.0 Å². The number of sulfonamides is 1. The maximum absolute atomic E-state index is 13.0. The van der Waals surface area contributed by atoms with Crippen LogP contribution in [0, 0.1) is 23.7 Å². The van der Waals surface area contributed by atoms with Gasteiger partial charge < -0.3 is 5.32 Å². The minimum Gasteiger partial charge on any atom is -0.351 e. The zero-order chi connectivity index (χ0) is 21.8. The van der Waals surface area contributed by atoms with Crippen molar-refractivity contribution in [2.24, 2.45) is 23.7 Å². The number of piperidine rings is 1. The summed E-state index contributed by atoms with van der Waals surface area (Å²) in [6.07, 6.45) is 9.43. The molecular formula is C23H30Cl2N2O3S. The highest BCUT2D eigenvalue weighted by Crippen LogP contribution is 2.55. The Kier molecular flexibility index (Phi) is 5.81. The van der Waals surface area contributed by atoms with Gasteiger partial charge in [-0.3, -0.25) is 4.79 Å². The van der Waals surface area contributed by atoms with Crippen molar-refractivity contribution in [1.82, 2.24) is 9.62 Å². The van der Waals surface area contributed by atoms with Crippen LogP contribution < -0.4 is 5.32 Å². The molecule has 4 bridgehead atoms. The molecule has 1 N–H and O–H groups in total. The monoisotopic (exact) mass is 484 g/mol. The number of carbonyl (C=O) groups is 1. The largest absolute Gasteiger partial charge is 0.351 e. The average Bonchev–Trinajstić information content (AvgIpc) is 2.66. The summed E-state index contributed by atoms with van der Waals surface area (Å²) in [4.78, 5) is 13.0. The molecule has 170 valence electrons. The van der Waals surface area contributed by atoms with Crippen LogP contribution in [0.1, 0.15) is 57.8 Å². The minimum absolute atomic E-state index is 0.0429. The minimum atomic E-state index is -3.66. The molecule has 1 aromatic carbocycles. The van der Waals surface area contributed by atoms with Gasteiger partial charge in [-0.15, -0.1) is 0 Å². The molecule has 1 heterocycles. The molecule has 6 rings (SSSR count). The van der Waals surface area contributed by atoms with Crippen molar-refractivity contribution in [3.8, 4) is 0 Å². The first kappa shape index (κ1) is 22.0. The van der Waals surface area contributed by atoms with E-state index in [1.165, 1.54) is 35.7 Å². The van der Waals surface area contributed by atoms with Gasteiger partial charge in [0.15, 0.2) is 0 Å². The molecular weight excluding hydrogens is 455 g/mol. The predicted octanol–water partition coefficient (Wildman–Crippen LogP) is 4.87. The molecule has 0 atom stereocenters. The van der Waals surface area contributed by atoms with Gasteiger partial charge in [0.05, 0.1) is 5.02 Å². The molecule has 1 aliphatic heterocycles. The summed E-state index contributed by atoms with van der Waals surface area (Å²) in [6.45, 7) is 0.827. The molecule has 1 saturated heterocycles. The lowest BCUT2D eigenvalue weighted by atomic mass is 9.53. The van der Waals surface area contributed by atoms with Crippen LogP contribution >= 0.6 is 23.2 Å². The average molecular weight is 485 g/mol. The summed E-state index contributed by atoms with van der Waals surface area (Å²) >= 11 is 12.0. The molecule has 1 amide bonds. The van der Waals surface area contributed by atoms with Crippen molar-refractivity contribution < 1.29 is 13.2 Å². The number of nitrogens with zero attached hydrogens (tertiary/aromatic N) is 1. The maximum atomic E-state index is 13.0. The molecule has 4 aliphatic carbocycles. The Hall–Kier alpha value is -0.820. The third kappa shape index (κ3) is 4.38. The lowest BCUT2D eigenvalue weighted by molar-refractivity contribution is -0.128. The SMILES string of the molecule is O=C(CC1CCN(S(=O)(=O)c2ccc(Cl)cc2Cl)CC1)NC12CC3CC(CC(C3)C1)C2. The van der Waals surface area contributed by atoms with Gasteiger partial charge >= 0.3 is 0 Å². The predicted molar refractivity (Wildman–Crippen MR) is 122 cm³/mol. The number of carbonyl (C=O) groups excluding carboxylic acids is 1. The van der Waals surface area contributed by atoms with Gasteiger partial charge in [-0.25, -0.2) is 8.42 Å². The van der Waals surface area contributed by atoms with Gasteiger partial charge in [-0.1, -0.05) is 23.2 Å². The fraction of sp³-hybridized carbons (Fsp3) is 0.696. The second-order valence-corrected chi connectivity index (χ2v) is 13.1. The third-order valence-corrected chi connectivity index (χ3v) is 10.6. The van der Waals surface area contributed by atoms with Crippen molar-refractivity contribution in [1.29, 1.82) is 0 Å². The Balaban J connectivity index is 1.16. The van der Waals surface area contributed by atoms with Gasteiger partial charge in [0.2, 0.25) is 15.9 Å². The summed E-state index contributed by atoms with van der Waals surface area (Å²) in [5.74, 6) is 2.80. The maximum Gasteiger partial charge on any atom is 0.244 e. The third-order valence-electron chi connectivity index (χ3n) is 8.00. The molecule has 5 fully saturated rings. The number of amides is 1. The standard InChI is InChI=1S/C23H30Cl2N2O3S/c24-19-1-2-21(20(25)11-19)31(29,30)27-5-3-15(4-6-27)10-22(28)26-23-12-16-7-17(13-23)9-18(8-16)14-23/h1-2,11,15-18H,3-10,12-14H2,(H,26,28). The van der Waals surface area contributed by atoms with E-state index in [2.05, 4.69) is 5.32 Å². The van der Waals surface area contributed by atoms with E-state index in [0.29, 0.717) is 37.4 Å². The van der Waals surface area contributed by atoms with Crippen LogP contribution in [0.5, 0.6) is 0 Å². The van der Waals surface area contributed by atoms with E-state index in [9.17, 15) is 13.2 Å². The topological polar surface area (TPSA) is 66.5 Å². The molecule has 4 saturated carbocycles. The number of halogens is 2. The summed E-state index contributed by atoms with van der Waals surface area (Å²) in [5, 5.41) is 4.00. The summed E-state index contributed by atoms with van der Waals surface area (Å²) < 4.78 is 27.4. The molecule has 0 radical (unpaired) electrons. The second kappa shape index (κ2) is 8.19. The van der Waals surface area contributed by atoms with Crippen molar-refractivity contribution in [2.75, 3.05) is 13.1 Å². The Morgan fingerprint density at radius 1 is 1.03 bits per heavy atom. The fourth-order valence-electron chi connectivity index (χ4n) is 7.05. The van der Waals surface area contributed by atoms with Crippen LogP contribution in [0.3, 0.4) is 0 Å². The van der Waals surface area contributed by atoms with Gasteiger partial charge in [-0.2, -0.15) is 4.31 Å². The highest BCUT2D eigenvalue weighted by Gasteiger charge is 2.51.